The van der Waals surface area contributed by atoms with Crippen molar-refractivity contribution in [3.8, 4) is 0 Å². The lowest BCUT2D eigenvalue weighted by Crippen LogP contribution is -2.42. The van der Waals surface area contributed by atoms with E-state index in [4.69, 9.17) is 5.73 Å². The van der Waals surface area contributed by atoms with Crippen LogP contribution in [0.3, 0.4) is 0 Å². The number of aromatic nitrogens is 2. The van der Waals surface area contributed by atoms with Gasteiger partial charge in [-0.1, -0.05) is 0 Å². The maximum Gasteiger partial charge on any atom is 0.273 e. The maximum absolute atomic E-state index is 14.1. The number of anilines is 1. The fourth-order valence-electron chi connectivity index (χ4n) is 3.25. The molecule has 1 aliphatic rings. The molecule has 0 bridgehead atoms. The van der Waals surface area contributed by atoms with Crippen molar-refractivity contribution >= 4 is 27.5 Å². The Hall–Kier alpha value is -2.32. The van der Waals surface area contributed by atoms with Crippen LogP contribution in [0.25, 0.3) is 10.2 Å². The summed E-state index contributed by atoms with van der Waals surface area (Å²) in [5.74, 6) is -0.599. The number of hydrogen-bond acceptors (Lipinski definition) is 5. The van der Waals surface area contributed by atoms with Crippen molar-refractivity contribution in [3.05, 3.63) is 57.2 Å². The van der Waals surface area contributed by atoms with Gasteiger partial charge >= 0.3 is 0 Å². The van der Waals surface area contributed by atoms with Crippen LogP contribution in [-0.4, -0.2) is 28.7 Å². The number of piperidine rings is 1. The number of thiophene rings is 1. The third-order valence-electron chi connectivity index (χ3n) is 4.70. The summed E-state index contributed by atoms with van der Waals surface area (Å²) in [7, 11) is 0. The van der Waals surface area contributed by atoms with Gasteiger partial charge in [0.15, 0.2) is 0 Å². The fraction of sp³-hybridized carbons (Fsp3) is 0.333. The second-order valence-electron chi connectivity index (χ2n) is 6.50. The van der Waals surface area contributed by atoms with Gasteiger partial charge in [-0.15, -0.1) is 11.3 Å². The van der Waals surface area contributed by atoms with E-state index in [0.29, 0.717) is 29.3 Å². The average molecular weight is 376 g/mol. The monoisotopic (exact) mass is 376 g/mol. The lowest BCUT2D eigenvalue weighted by molar-refractivity contribution is 0.487. The number of rotatable bonds is 3. The Labute approximate surface area is 152 Å². The molecule has 2 aromatic heterocycles. The van der Waals surface area contributed by atoms with Crippen molar-refractivity contribution in [1.29, 1.82) is 0 Å². The molecule has 0 atom stereocenters. The summed E-state index contributed by atoms with van der Waals surface area (Å²) >= 11 is 1.30. The fourth-order valence-corrected chi connectivity index (χ4v) is 4.03. The predicted octanol–water partition coefficient (Wildman–Crippen LogP) is 2.71. The highest BCUT2D eigenvalue weighted by molar-refractivity contribution is 7.17. The highest BCUT2D eigenvalue weighted by atomic mass is 32.1. The second-order valence-corrected chi connectivity index (χ2v) is 7.41. The van der Waals surface area contributed by atoms with Gasteiger partial charge in [0, 0.05) is 24.7 Å². The van der Waals surface area contributed by atoms with E-state index in [0.717, 1.165) is 31.0 Å². The molecular weight excluding hydrogens is 358 g/mol. The number of halogens is 2. The third-order valence-corrected chi connectivity index (χ3v) is 5.60. The molecule has 3 heterocycles. The largest absolute Gasteiger partial charge is 0.342 e. The summed E-state index contributed by atoms with van der Waals surface area (Å²) in [6.07, 6.45) is 1.59. The molecule has 5 nitrogen and oxygen atoms in total. The highest BCUT2D eigenvalue weighted by Gasteiger charge is 2.23. The maximum atomic E-state index is 14.1. The van der Waals surface area contributed by atoms with E-state index in [9.17, 15) is 13.6 Å². The summed E-state index contributed by atoms with van der Waals surface area (Å²) in [5, 5.41) is 1.81. The van der Waals surface area contributed by atoms with Crippen molar-refractivity contribution in [1.82, 2.24) is 9.55 Å². The van der Waals surface area contributed by atoms with Crippen molar-refractivity contribution in [2.45, 2.75) is 25.4 Å². The summed E-state index contributed by atoms with van der Waals surface area (Å²) in [6, 6.07) is 5.20. The quantitative estimate of drug-likeness (QED) is 0.763. The molecule has 0 saturated carbocycles. The topological polar surface area (TPSA) is 64.2 Å². The van der Waals surface area contributed by atoms with E-state index >= 15 is 0 Å². The Morgan fingerprint density at radius 1 is 1.23 bits per heavy atom. The molecule has 2 N–H and O–H groups in total. The molecule has 1 fully saturated rings. The minimum atomic E-state index is -0.545. The van der Waals surface area contributed by atoms with Gasteiger partial charge in [-0.05, 0) is 42.5 Å². The first-order valence-electron chi connectivity index (χ1n) is 8.45. The Balaban J connectivity index is 1.83. The molecule has 4 rings (SSSR count). The molecule has 1 aromatic carbocycles. The zero-order valence-corrected chi connectivity index (χ0v) is 14.8. The Bertz CT molecular complexity index is 1010. The lowest BCUT2D eigenvalue weighted by atomic mass is 10.1. The van der Waals surface area contributed by atoms with E-state index in [1.54, 1.807) is 6.07 Å². The molecule has 0 aliphatic carbocycles. The SMILES string of the molecule is NC1CCN(c2nc3ccsc3c(=O)n2Cc2cc(F)ccc2F)CC1. The van der Waals surface area contributed by atoms with Crippen molar-refractivity contribution in [3.63, 3.8) is 0 Å². The molecular formula is C18H18F2N4OS. The second kappa shape index (κ2) is 6.77. The Morgan fingerprint density at radius 3 is 2.77 bits per heavy atom. The molecule has 1 aliphatic heterocycles. The number of nitrogens with two attached hydrogens (primary N) is 1. The van der Waals surface area contributed by atoms with E-state index in [2.05, 4.69) is 4.98 Å². The minimum Gasteiger partial charge on any atom is -0.342 e. The molecule has 0 amide bonds. The zero-order chi connectivity index (χ0) is 18.3. The van der Waals surface area contributed by atoms with Crippen LogP contribution < -0.4 is 16.2 Å². The van der Waals surface area contributed by atoms with Gasteiger partial charge in [-0.2, -0.15) is 0 Å². The molecule has 8 heteroatoms. The molecule has 26 heavy (non-hydrogen) atoms. The van der Waals surface area contributed by atoms with Crippen molar-refractivity contribution in [2.75, 3.05) is 18.0 Å². The molecule has 0 spiro atoms. The predicted molar refractivity (Wildman–Crippen MR) is 98.8 cm³/mol. The van der Waals surface area contributed by atoms with E-state index in [1.165, 1.54) is 15.9 Å². The first-order chi connectivity index (χ1) is 12.5. The highest BCUT2D eigenvalue weighted by Crippen LogP contribution is 2.23. The smallest absolute Gasteiger partial charge is 0.273 e. The van der Waals surface area contributed by atoms with Gasteiger partial charge < -0.3 is 10.6 Å². The van der Waals surface area contributed by atoms with Gasteiger partial charge in [-0.25, -0.2) is 13.8 Å². The van der Waals surface area contributed by atoms with Crippen LogP contribution in [0, 0.1) is 11.6 Å². The van der Waals surface area contributed by atoms with Crippen LogP contribution >= 0.6 is 11.3 Å². The first-order valence-corrected chi connectivity index (χ1v) is 9.33. The van der Waals surface area contributed by atoms with Gasteiger partial charge in [0.05, 0.1) is 12.1 Å². The molecule has 3 aromatic rings. The van der Waals surface area contributed by atoms with Gasteiger partial charge in [-0.3, -0.25) is 9.36 Å². The number of benzene rings is 1. The third kappa shape index (κ3) is 3.10. The van der Waals surface area contributed by atoms with Crippen LogP contribution in [0.15, 0.2) is 34.4 Å². The summed E-state index contributed by atoms with van der Waals surface area (Å²) in [6.45, 7) is 1.28. The Morgan fingerprint density at radius 2 is 2.00 bits per heavy atom. The van der Waals surface area contributed by atoms with E-state index in [-0.39, 0.29) is 23.7 Å². The van der Waals surface area contributed by atoms with Gasteiger partial charge in [0.2, 0.25) is 5.95 Å². The minimum absolute atomic E-state index is 0.0683. The van der Waals surface area contributed by atoms with E-state index < -0.39 is 11.6 Å². The normalized spacial score (nSPS) is 15.7. The Kier molecular flexibility index (Phi) is 4.46. The number of nitrogens with zero attached hydrogens (tertiary/aromatic N) is 3. The summed E-state index contributed by atoms with van der Waals surface area (Å²) in [4.78, 5) is 19.6. The standard InChI is InChI=1S/C18H18F2N4OS/c19-12-1-2-14(20)11(9-12)10-24-17(25)16-15(5-8-26-16)22-18(24)23-6-3-13(21)4-7-23/h1-2,5,8-9,13H,3-4,6-7,10,21H2. The van der Waals surface area contributed by atoms with Crippen LogP contribution in [0.4, 0.5) is 14.7 Å². The molecule has 0 radical (unpaired) electrons. The summed E-state index contributed by atoms with van der Waals surface area (Å²) < 4.78 is 29.6. The average Bonchev–Trinajstić information content (AvgIpc) is 3.10. The van der Waals surface area contributed by atoms with Crippen molar-refractivity contribution < 1.29 is 8.78 Å². The number of fused-ring (bicyclic) bond motifs is 1. The van der Waals surface area contributed by atoms with Crippen LogP contribution in [0.5, 0.6) is 0 Å². The zero-order valence-electron chi connectivity index (χ0n) is 14.0. The van der Waals surface area contributed by atoms with Crippen molar-refractivity contribution in [2.24, 2.45) is 5.73 Å². The lowest BCUT2D eigenvalue weighted by Gasteiger charge is -2.32. The summed E-state index contributed by atoms with van der Waals surface area (Å²) in [5.41, 5.74) is 6.48. The van der Waals surface area contributed by atoms with Crippen LogP contribution in [0.2, 0.25) is 0 Å². The van der Waals surface area contributed by atoms with Crippen LogP contribution in [0.1, 0.15) is 18.4 Å². The van der Waals surface area contributed by atoms with Gasteiger partial charge in [0.25, 0.3) is 5.56 Å². The van der Waals surface area contributed by atoms with Crippen LogP contribution in [-0.2, 0) is 6.54 Å². The first kappa shape index (κ1) is 17.1. The van der Waals surface area contributed by atoms with Gasteiger partial charge in [0.1, 0.15) is 16.3 Å². The molecule has 0 unspecified atom stereocenters. The van der Waals surface area contributed by atoms with E-state index in [1.807, 2.05) is 10.3 Å². The molecule has 136 valence electrons. The number of hydrogen-bond donors (Lipinski definition) is 1. The molecule has 1 saturated heterocycles.